The molecule has 2 rings (SSSR count). The molecule has 1 aromatic heterocycles. The lowest BCUT2D eigenvalue weighted by molar-refractivity contribution is 0.290. The molecule has 0 aliphatic heterocycles. The van der Waals surface area contributed by atoms with Crippen molar-refractivity contribution in [1.82, 2.24) is 9.78 Å². The summed E-state index contributed by atoms with van der Waals surface area (Å²) in [6.45, 7) is 0.343. The Labute approximate surface area is 122 Å². The van der Waals surface area contributed by atoms with Crippen LogP contribution in [0, 0.1) is 3.57 Å². The molecule has 0 aliphatic carbocycles. The maximum atomic E-state index is 10.5. The summed E-state index contributed by atoms with van der Waals surface area (Å²) in [5.74, 6) is 0.554. The molecule has 0 saturated heterocycles. The summed E-state index contributed by atoms with van der Waals surface area (Å²) in [5, 5.41) is 4.13. The maximum Gasteiger partial charge on any atom is 0.233 e. The summed E-state index contributed by atoms with van der Waals surface area (Å²) >= 11 is 2.40. The summed E-state index contributed by atoms with van der Waals surface area (Å²) in [7, 11) is 1.83. The number of aryl methyl sites for hydroxylation is 1. The molecule has 7 heteroatoms. The SMILES string of the molecule is Cn1ccc(OCc2c(I)cccc2N=S=O)n1. The van der Waals surface area contributed by atoms with Crippen LogP contribution in [0.1, 0.15) is 5.56 Å². The fourth-order valence-electron chi connectivity index (χ4n) is 1.43. The minimum Gasteiger partial charge on any atom is -0.472 e. The van der Waals surface area contributed by atoms with Crippen LogP contribution in [0.25, 0.3) is 0 Å². The number of halogens is 1. The first-order chi connectivity index (χ1) is 8.70. The van der Waals surface area contributed by atoms with Gasteiger partial charge in [-0.2, -0.15) is 8.57 Å². The molecule has 0 fully saturated rings. The van der Waals surface area contributed by atoms with E-state index in [0.717, 1.165) is 9.13 Å². The first kappa shape index (κ1) is 13.2. The lowest BCUT2D eigenvalue weighted by Crippen LogP contribution is -1.99. The van der Waals surface area contributed by atoms with Crippen molar-refractivity contribution in [3.05, 3.63) is 39.6 Å². The quantitative estimate of drug-likeness (QED) is 0.773. The second-order valence-corrected chi connectivity index (χ2v) is 5.01. The van der Waals surface area contributed by atoms with Gasteiger partial charge in [-0.15, -0.1) is 5.10 Å². The molecule has 5 nitrogen and oxygen atoms in total. The van der Waals surface area contributed by atoms with Crippen LogP contribution in [0.2, 0.25) is 0 Å². The summed E-state index contributed by atoms with van der Waals surface area (Å²) in [5.41, 5.74) is 1.55. The second kappa shape index (κ2) is 6.10. The summed E-state index contributed by atoms with van der Waals surface area (Å²) in [6.07, 6.45) is 1.81. The molecule has 1 aromatic carbocycles. The zero-order valence-electron chi connectivity index (χ0n) is 9.54. The maximum absolute atomic E-state index is 10.5. The van der Waals surface area contributed by atoms with Crippen molar-refractivity contribution in [2.45, 2.75) is 6.61 Å². The van der Waals surface area contributed by atoms with Gasteiger partial charge in [-0.1, -0.05) is 6.07 Å². The Morgan fingerprint density at radius 3 is 3.00 bits per heavy atom. The fraction of sp³-hybridized carbons (Fsp3) is 0.182. The zero-order chi connectivity index (χ0) is 13.0. The first-order valence-electron chi connectivity index (χ1n) is 5.10. The van der Waals surface area contributed by atoms with Crippen LogP contribution in [0.4, 0.5) is 5.69 Å². The van der Waals surface area contributed by atoms with Gasteiger partial charge in [0.2, 0.25) is 17.3 Å². The van der Waals surface area contributed by atoms with Gasteiger partial charge in [-0.3, -0.25) is 4.68 Å². The third kappa shape index (κ3) is 3.16. The predicted octanol–water partition coefficient (Wildman–Crippen LogP) is 2.63. The monoisotopic (exact) mass is 375 g/mol. The average Bonchev–Trinajstić information content (AvgIpc) is 2.75. The van der Waals surface area contributed by atoms with Crippen molar-refractivity contribution in [2.75, 3.05) is 0 Å². The normalized spacial score (nSPS) is 10.1. The Morgan fingerprint density at radius 2 is 2.33 bits per heavy atom. The highest BCUT2D eigenvalue weighted by Crippen LogP contribution is 2.25. The van der Waals surface area contributed by atoms with Gasteiger partial charge in [-0.25, -0.2) is 0 Å². The minimum atomic E-state index is 0.200. The first-order valence-corrected chi connectivity index (χ1v) is 6.88. The summed E-state index contributed by atoms with van der Waals surface area (Å²) in [6, 6.07) is 7.40. The van der Waals surface area contributed by atoms with E-state index in [2.05, 4.69) is 32.1 Å². The van der Waals surface area contributed by atoms with Crippen molar-refractivity contribution in [2.24, 2.45) is 11.4 Å². The van der Waals surface area contributed by atoms with Crippen molar-refractivity contribution in [3.63, 3.8) is 0 Å². The molecule has 0 N–H and O–H groups in total. The van der Waals surface area contributed by atoms with Gasteiger partial charge in [0.1, 0.15) is 6.61 Å². The summed E-state index contributed by atoms with van der Waals surface area (Å²) in [4.78, 5) is 0. The lowest BCUT2D eigenvalue weighted by Gasteiger charge is -2.07. The van der Waals surface area contributed by atoms with Crippen molar-refractivity contribution in [3.8, 4) is 5.88 Å². The van der Waals surface area contributed by atoms with E-state index in [9.17, 15) is 4.21 Å². The number of ether oxygens (including phenoxy) is 1. The van der Waals surface area contributed by atoms with Crippen molar-refractivity contribution in [1.29, 1.82) is 0 Å². The van der Waals surface area contributed by atoms with Gasteiger partial charge in [-0.05, 0) is 34.7 Å². The van der Waals surface area contributed by atoms with Crippen LogP contribution in [0.15, 0.2) is 34.8 Å². The van der Waals surface area contributed by atoms with Gasteiger partial charge in [0, 0.05) is 28.4 Å². The van der Waals surface area contributed by atoms with E-state index in [1.54, 1.807) is 16.8 Å². The Hall–Kier alpha value is -1.22. The number of benzene rings is 1. The van der Waals surface area contributed by atoms with Crippen LogP contribution in [-0.2, 0) is 25.1 Å². The molecule has 0 amide bonds. The highest BCUT2D eigenvalue weighted by molar-refractivity contribution is 14.1. The van der Waals surface area contributed by atoms with Gasteiger partial charge in [0.15, 0.2) is 0 Å². The van der Waals surface area contributed by atoms with Gasteiger partial charge in [0.25, 0.3) is 0 Å². The largest absolute Gasteiger partial charge is 0.472 e. The van der Waals surface area contributed by atoms with Gasteiger partial charge >= 0.3 is 0 Å². The van der Waals surface area contributed by atoms with E-state index < -0.39 is 0 Å². The Kier molecular flexibility index (Phi) is 4.48. The molecule has 0 unspecified atom stereocenters. The van der Waals surface area contributed by atoms with E-state index in [1.807, 2.05) is 25.4 Å². The molecule has 0 spiro atoms. The number of nitrogens with zero attached hydrogens (tertiary/aromatic N) is 3. The van der Waals surface area contributed by atoms with Crippen molar-refractivity contribution < 1.29 is 8.95 Å². The van der Waals surface area contributed by atoms with E-state index in [4.69, 9.17) is 4.74 Å². The minimum absolute atomic E-state index is 0.200. The van der Waals surface area contributed by atoms with Crippen LogP contribution < -0.4 is 4.74 Å². The van der Waals surface area contributed by atoms with Crippen molar-refractivity contribution >= 4 is 39.7 Å². The summed E-state index contributed by atoms with van der Waals surface area (Å²) < 4.78 is 22.6. The molecular formula is C11H10IN3O2S. The van der Waals surface area contributed by atoms with Crippen LogP contribution in [0.5, 0.6) is 5.88 Å². The Bertz CT molecular complexity index is 608. The smallest absolute Gasteiger partial charge is 0.233 e. The van der Waals surface area contributed by atoms with Crippen LogP contribution >= 0.6 is 22.6 Å². The Morgan fingerprint density at radius 1 is 1.50 bits per heavy atom. The fourth-order valence-corrected chi connectivity index (χ4v) is 2.32. The van der Waals surface area contributed by atoms with Crippen LogP contribution in [-0.4, -0.2) is 14.0 Å². The molecular weight excluding hydrogens is 365 g/mol. The van der Waals surface area contributed by atoms with E-state index in [-0.39, 0.29) is 11.5 Å². The molecule has 0 saturated carbocycles. The number of aromatic nitrogens is 2. The van der Waals surface area contributed by atoms with E-state index >= 15 is 0 Å². The molecule has 2 aromatic rings. The molecule has 0 radical (unpaired) electrons. The number of hydrogen-bond acceptors (Lipinski definition) is 4. The Balaban J connectivity index is 2.20. The lowest BCUT2D eigenvalue weighted by atomic mass is 10.2. The van der Waals surface area contributed by atoms with Gasteiger partial charge in [0.05, 0.1) is 5.69 Å². The zero-order valence-corrected chi connectivity index (χ0v) is 12.5. The average molecular weight is 375 g/mol. The highest BCUT2D eigenvalue weighted by Gasteiger charge is 2.08. The number of hydrogen-bond donors (Lipinski definition) is 0. The standard InChI is InChI=1S/C11H10IN3O2S/c1-15-6-5-11(13-15)17-7-8-9(12)3-2-4-10(8)14-18-16/h2-6H,7H2,1H3. The highest BCUT2D eigenvalue weighted by atomic mass is 127. The van der Waals surface area contributed by atoms with Crippen LogP contribution in [0.3, 0.4) is 0 Å². The van der Waals surface area contributed by atoms with Gasteiger partial charge < -0.3 is 4.74 Å². The molecule has 94 valence electrons. The predicted molar refractivity (Wildman–Crippen MR) is 76.9 cm³/mol. The molecule has 18 heavy (non-hydrogen) atoms. The van der Waals surface area contributed by atoms with E-state index in [0.29, 0.717) is 18.2 Å². The molecule has 0 atom stereocenters. The number of rotatable bonds is 4. The molecule has 0 bridgehead atoms. The third-order valence-corrected chi connectivity index (χ3v) is 3.57. The molecule has 1 heterocycles. The van der Waals surface area contributed by atoms with E-state index in [1.165, 1.54) is 0 Å². The second-order valence-electron chi connectivity index (χ2n) is 3.52. The molecule has 0 aliphatic rings. The topological polar surface area (TPSA) is 56.5 Å². The third-order valence-electron chi connectivity index (χ3n) is 2.28.